The molecule has 3 rings (SSSR count). The third-order valence-corrected chi connectivity index (χ3v) is 4.15. The summed E-state index contributed by atoms with van der Waals surface area (Å²) in [5.41, 5.74) is 1.98. The second-order valence-electron chi connectivity index (χ2n) is 4.31. The van der Waals surface area contributed by atoms with Crippen molar-refractivity contribution in [3.05, 3.63) is 63.4 Å². The second-order valence-corrected chi connectivity index (χ2v) is 5.70. The Morgan fingerprint density at radius 2 is 2.00 bits per heavy atom. The van der Waals surface area contributed by atoms with Gasteiger partial charge in [0, 0.05) is 28.9 Å². The standard InChI is InChI=1S/C15H13ClN2S/c16-15-12(9-17-10-13-5-3-7-19-13)8-11-4-1-2-6-14(11)18-15/h1-8,17H,9-10H2. The van der Waals surface area contributed by atoms with Crippen LogP contribution in [0.15, 0.2) is 47.8 Å². The minimum atomic E-state index is 0.581. The third-order valence-electron chi connectivity index (χ3n) is 2.94. The van der Waals surface area contributed by atoms with Crippen LogP contribution in [0.5, 0.6) is 0 Å². The highest BCUT2D eigenvalue weighted by Crippen LogP contribution is 2.20. The van der Waals surface area contributed by atoms with Gasteiger partial charge in [0.2, 0.25) is 0 Å². The van der Waals surface area contributed by atoms with E-state index in [4.69, 9.17) is 11.6 Å². The molecule has 0 saturated carbocycles. The molecule has 4 heteroatoms. The lowest BCUT2D eigenvalue weighted by molar-refractivity contribution is 0.700. The van der Waals surface area contributed by atoms with Crippen LogP contribution in [0.25, 0.3) is 10.9 Å². The molecule has 1 N–H and O–H groups in total. The fraction of sp³-hybridized carbons (Fsp3) is 0.133. The Morgan fingerprint density at radius 3 is 2.84 bits per heavy atom. The van der Waals surface area contributed by atoms with Crippen molar-refractivity contribution in [2.75, 3.05) is 0 Å². The van der Waals surface area contributed by atoms with E-state index >= 15 is 0 Å². The quantitative estimate of drug-likeness (QED) is 0.726. The summed E-state index contributed by atoms with van der Waals surface area (Å²) in [5.74, 6) is 0. The van der Waals surface area contributed by atoms with Gasteiger partial charge in [-0.3, -0.25) is 0 Å². The third kappa shape index (κ3) is 2.95. The van der Waals surface area contributed by atoms with Crippen LogP contribution in [-0.4, -0.2) is 4.98 Å². The summed E-state index contributed by atoms with van der Waals surface area (Å²) < 4.78 is 0. The first-order valence-corrected chi connectivity index (χ1v) is 7.36. The van der Waals surface area contributed by atoms with E-state index in [0.29, 0.717) is 5.15 Å². The van der Waals surface area contributed by atoms with Crippen LogP contribution in [-0.2, 0) is 13.1 Å². The smallest absolute Gasteiger partial charge is 0.134 e. The van der Waals surface area contributed by atoms with Crippen LogP contribution in [0.1, 0.15) is 10.4 Å². The van der Waals surface area contributed by atoms with E-state index in [9.17, 15) is 0 Å². The van der Waals surface area contributed by atoms with Gasteiger partial charge in [-0.05, 0) is 23.6 Å². The number of hydrogen-bond donors (Lipinski definition) is 1. The molecule has 0 saturated heterocycles. The predicted molar refractivity (Wildman–Crippen MR) is 81.6 cm³/mol. The van der Waals surface area contributed by atoms with E-state index < -0.39 is 0 Å². The Morgan fingerprint density at radius 1 is 1.11 bits per heavy atom. The van der Waals surface area contributed by atoms with Crippen molar-refractivity contribution in [2.24, 2.45) is 0 Å². The Balaban J connectivity index is 1.75. The predicted octanol–water partition coefficient (Wildman–Crippen LogP) is 4.24. The average Bonchev–Trinajstić information content (AvgIpc) is 2.92. The van der Waals surface area contributed by atoms with Crippen LogP contribution < -0.4 is 5.32 Å². The molecular weight excluding hydrogens is 276 g/mol. The first kappa shape index (κ1) is 12.6. The Kier molecular flexibility index (Phi) is 3.78. The number of para-hydroxylation sites is 1. The van der Waals surface area contributed by atoms with E-state index in [2.05, 4.69) is 39.9 Å². The molecular formula is C15H13ClN2S. The fourth-order valence-electron chi connectivity index (χ4n) is 1.99. The molecule has 0 unspecified atom stereocenters. The van der Waals surface area contributed by atoms with Gasteiger partial charge in [-0.25, -0.2) is 4.98 Å². The molecule has 2 nitrogen and oxygen atoms in total. The van der Waals surface area contributed by atoms with Gasteiger partial charge in [0.1, 0.15) is 5.15 Å². The molecule has 2 heterocycles. The highest BCUT2D eigenvalue weighted by atomic mass is 35.5. The second kappa shape index (κ2) is 5.70. The molecule has 0 amide bonds. The first-order valence-electron chi connectivity index (χ1n) is 6.10. The van der Waals surface area contributed by atoms with E-state index in [1.165, 1.54) is 4.88 Å². The minimum Gasteiger partial charge on any atom is -0.308 e. The molecule has 0 spiro atoms. The molecule has 3 aromatic rings. The van der Waals surface area contributed by atoms with Gasteiger partial charge in [0.25, 0.3) is 0 Å². The SMILES string of the molecule is Clc1nc2ccccc2cc1CNCc1cccs1. The van der Waals surface area contributed by atoms with Gasteiger partial charge in [0.15, 0.2) is 0 Å². The maximum Gasteiger partial charge on any atom is 0.134 e. The van der Waals surface area contributed by atoms with Crippen molar-refractivity contribution >= 4 is 33.8 Å². The number of nitrogens with zero attached hydrogens (tertiary/aromatic N) is 1. The van der Waals surface area contributed by atoms with Gasteiger partial charge in [-0.1, -0.05) is 35.9 Å². The van der Waals surface area contributed by atoms with Crippen LogP contribution in [0.2, 0.25) is 5.15 Å². The molecule has 19 heavy (non-hydrogen) atoms. The molecule has 0 aliphatic rings. The maximum absolute atomic E-state index is 6.22. The number of halogens is 1. The van der Waals surface area contributed by atoms with Crippen LogP contribution in [0.3, 0.4) is 0 Å². The largest absolute Gasteiger partial charge is 0.308 e. The first-order chi connectivity index (χ1) is 9.33. The summed E-state index contributed by atoms with van der Waals surface area (Å²) >= 11 is 7.97. The topological polar surface area (TPSA) is 24.9 Å². The number of benzene rings is 1. The fourth-order valence-corrected chi connectivity index (χ4v) is 2.88. The lowest BCUT2D eigenvalue weighted by atomic mass is 10.1. The Bertz CT molecular complexity index is 680. The molecule has 0 fully saturated rings. The number of thiophene rings is 1. The van der Waals surface area contributed by atoms with Crippen LogP contribution in [0, 0.1) is 0 Å². The summed E-state index contributed by atoms with van der Waals surface area (Å²) in [5, 5.41) is 7.19. The normalized spacial score (nSPS) is 11.0. The number of aromatic nitrogens is 1. The molecule has 96 valence electrons. The number of pyridine rings is 1. The van der Waals surface area contributed by atoms with Crippen molar-refractivity contribution in [2.45, 2.75) is 13.1 Å². The van der Waals surface area contributed by atoms with Gasteiger partial charge in [-0.15, -0.1) is 11.3 Å². The lowest BCUT2D eigenvalue weighted by Gasteiger charge is -2.07. The summed E-state index contributed by atoms with van der Waals surface area (Å²) in [7, 11) is 0. The highest BCUT2D eigenvalue weighted by molar-refractivity contribution is 7.09. The van der Waals surface area contributed by atoms with E-state index in [1.807, 2.05) is 18.2 Å². The van der Waals surface area contributed by atoms with E-state index in [0.717, 1.165) is 29.6 Å². The van der Waals surface area contributed by atoms with Gasteiger partial charge in [0.05, 0.1) is 5.52 Å². The summed E-state index contributed by atoms with van der Waals surface area (Å²) in [6.07, 6.45) is 0. The number of nitrogens with one attached hydrogen (secondary N) is 1. The molecule has 1 aromatic carbocycles. The monoisotopic (exact) mass is 288 g/mol. The minimum absolute atomic E-state index is 0.581. The lowest BCUT2D eigenvalue weighted by Crippen LogP contribution is -2.12. The molecule has 2 aromatic heterocycles. The van der Waals surface area contributed by atoms with Crippen LogP contribution in [0.4, 0.5) is 0 Å². The van der Waals surface area contributed by atoms with Crippen molar-refractivity contribution in [1.29, 1.82) is 0 Å². The zero-order valence-corrected chi connectivity index (χ0v) is 11.8. The van der Waals surface area contributed by atoms with Gasteiger partial charge >= 0.3 is 0 Å². The maximum atomic E-state index is 6.22. The average molecular weight is 289 g/mol. The zero-order valence-electron chi connectivity index (χ0n) is 10.3. The van der Waals surface area contributed by atoms with Crippen molar-refractivity contribution in [1.82, 2.24) is 10.3 Å². The van der Waals surface area contributed by atoms with E-state index in [1.54, 1.807) is 11.3 Å². The van der Waals surface area contributed by atoms with Crippen molar-refractivity contribution in [3.63, 3.8) is 0 Å². The molecule has 0 aliphatic carbocycles. The van der Waals surface area contributed by atoms with E-state index in [-0.39, 0.29) is 0 Å². The molecule has 0 atom stereocenters. The van der Waals surface area contributed by atoms with Crippen LogP contribution >= 0.6 is 22.9 Å². The molecule has 0 radical (unpaired) electrons. The molecule has 0 aliphatic heterocycles. The highest BCUT2D eigenvalue weighted by Gasteiger charge is 2.04. The number of fused-ring (bicyclic) bond motifs is 1. The number of rotatable bonds is 4. The van der Waals surface area contributed by atoms with Gasteiger partial charge < -0.3 is 5.32 Å². The number of hydrogen-bond acceptors (Lipinski definition) is 3. The van der Waals surface area contributed by atoms with Gasteiger partial charge in [-0.2, -0.15) is 0 Å². The summed E-state index contributed by atoms with van der Waals surface area (Å²) in [6, 6.07) is 14.3. The summed E-state index contributed by atoms with van der Waals surface area (Å²) in [6.45, 7) is 1.59. The summed E-state index contributed by atoms with van der Waals surface area (Å²) in [4.78, 5) is 5.74. The van der Waals surface area contributed by atoms with Crippen molar-refractivity contribution in [3.8, 4) is 0 Å². The molecule has 0 bridgehead atoms. The zero-order chi connectivity index (χ0) is 13.1. The van der Waals surface area contributed by atoms with Crippen molar-refractivity contribution < 1.29 is 0 Å². The Hall–Kier alpha value is -1.42. The Labute approximate surface area is 121 Å².